The van der Waals surface area contributed by atoms with Crippen LogP contribution in [0.5, 0.6) is 0 Å². The highest BCUT2D eigenvalue weighted by Crippen LogP contribution is 2.28. The lowest BCUT2D eigenvalue weighted by Gasteiger charge is -2.15. The smallest absolute Gasteiger partial charge is 0.338 e. The van der Waals surface area contributed by atoms with E-state index in [1.165, 1.54) is 18.2 Å². The molecule has 2 rings (SSSR count). The van der Waals surface area contributed by atoms with Gasteiger partial charge in [-0.25, -0.2) is 14.9 Å². The molecule has 0 saturated heterocycles. The Hall–Kier alpha value is -2.89. The van der Waals surface area contributed by atoms with Gasteiger partial charge in [0.1, 0.15) is 11.4 Å². The van der Waals surface area contributed by atoms with E-state index in [9.17, 15) is 14.9 Å². The Morgan fingerprint density at radius 2 is 1.63 bits per heavy atom. The van der Waals surface area contributed by atoms with Crippen molar-refractivity contribution in [3.63, 3.8) is 0 Å². The highest BCUT2D eigenvalue weighted by molar-refractivity contribution is 5.95. The van der Waals surface area contributed by atoms with Crippen molar-refractivity contribution >= 4 is 17.3 Å². The van der Waals surface area contributed by atoms with Crippen LogP contribution in [0.1, 0.15) is 10.4 Å². The molecule has 0 aromatic heterocycles. The Labute approximate surface area is 108 Å². The SMILES string of the molecule is O=C(O)c1ccccc1N(c1ccccc1)[N+](=O)[O-]. The molecule has 96 valence electrons. The minimum atomic E-state index is -1.21. The Kier molecular flexibility index (Phi) is 3.42. The van der Waals surface area contributed by atoms with Crippen LogP contribution < -0.4 is 5.01 Å². The van der Waals surface area contributed by atoms with Gasteiger partial charge in [0.05, 0.1) is 5.56 Å². The summed E-state index contributed by atoms with van der Waals surface area (Å²) in [6.07, 6.45) is 0. The second-order valence-corrected chi connectivity index (χ2v) is 3.71. The van der Waals surface area contributed by atoms with E-state index in [-0.39, 0.29) is 11.3 Å². The molecule has 0 bridgehead atoms. The van der Waals surface area contributed by atoms with Crippen molar-refractivity contribution in [1.82, 2.24) is 0 Å². The first-order chi connectivity index (χ1) is 9.11. The number of carboxylic acid groups (broad SMARTS) is 1. The number of anilines is 2. The molecule has 2 aromatic rings. The van der Waals surface area contributed by atoms with Crippen molar-refractivity contribution in [2.45, 2.75) is 0 Å². The number of carbonyl (C=O) groups is 1. The molecule has 0 amide bonds. The zero-order chi connectivity index (χ0) is 13.8. The summed E-state index contributed by atoms with van der Waals surface area (Å²) in [5.41, 5.74) is 0.190. The molecule has 0 spiro atoms. The fourth-order valence-corrected chi connectivity index (χ4v) is 1.73. The molecule has 0 radical (unpaired) electrons. The molecular weight excluding hydrogens is 248 g/mol. The van der Waals surface area contributed by atoms with Gasteiger partial charge in [-0.05, 0) is 24.3 Å². The topological polar surface area (TPSA) is 83.7 Å². The highest BCUT2D eigenvalue weighted by atomic mass is 16.7. The van der Waals surface area contributed by atoms with Crippen LogP contribution in [0.3, 0.4) is 0 Å². The van der Waals surface area contributed by atoms with Crippen LogP contribution >= 0.6 is 0 Å². The number of nitro groups is 1. The second kappa shape index (κ2) is 5.18. The molecule has 1 N–H and O–H groups in total. The number of para-hydroxylation sites is 2. The molecule has 0 aliphatic rings. The van der Waals surface area contributed by atoms with E-state index >= 15 is 0 Å². The summed E-state index contributed by atoms with van der Waals surface area (Å²) in [6.45, 7) is 0. The van der Waals surface area contributed by atoms with Crippen molar-refractivity contribution < 1.29 is 14.9 Å². The van der Waals surface area contributed by atoms with Gasteiger partial charge in [0.25, 0.3) is 0 Å². The van der Waals surface area contributed by atoms with Crippen molar-refractivity contribution in [2.24, 2.45) is 0 Å². The average Bonchev–Trinajstić information content (AvgIpc) is 2.40. The van der Waals surface area contributed by atoms with Crippen molar-refractivity contribution in [1.29, 1.82) is 0 Å². The van der Waals surface area contributed by atoms with Gasteiger partial charge in [0.15, 0.2) is 5.03 Å². The minimum absolute atomic E-state index is 0.0196. The maximum atomic E-state index is 11.2. The average molecular weight is 258 g/mol. The number of benzene rings is 2. The lowest BCUT2D eigenvalue weighted by molar-refractivity contribution is -0.483. The van der Waals surface area contributed by atoms with Crippen LogP contribution in [0.15, 0.2) is 54.6 Å². The summed E-state index contributed by atoms with van der Waals surface area (Å²) >= 11 is 0. The third kappa shape index (κ3) is 2.52. The predicted octanol–water partition coefficient (Wildman–Crippen LogP) is 2.71. The van der Waals surface area contributed by atoms with Gasteiger partial charge in [-0.3, -0.25) is 0 Å². The molecule has 0 saturated carbocycles. The number of rotatable bonds is 4. The van der Waals surface area contributed by atoms with Gasteiger partial charge < -0.3 is 5.11 Å². The van der Waals surface area contributed by atoms with E-state index in [2.05, 4.69) is 0 Å². The predicted molar refractivity (Wildman–Crippen MR) is 69.0 cm³/mol. The standard InChI is InChI=1S/C13H10N2O4/c16-13(17)11-8-4-5-9-12(11)14(15(18)19)10-6-2-1-3-7-10/h1-9H,(H,16,17). The summed E-state index contributed by atoms with van der Waals surface area (Å²) in [6, 6.07) is 13.9. The Morgan fingerprint density at radius 1 is 1.05 bits per heavy atom. The van der Waals surface area contributed by atoms with Gasteiger partial charge in [-0.15, -0.1) is 0 Å². The van der Waals surface area contributed by atoms with Gasteiger partial charge >= 0.3 is 5.97 Å². The van der Waals surface area contributed by atoms with E-state index in [4.69, 9.17) is 5.11 Å². The Bertz CT molecular complexity index is 613. The minimum Gasteiger partial charge on any atom is -0.478 e. The van der Waals surface area contributed by atoms with E-state index in [1.54, 1.807) is 36.4 Å². The first-order valence-electron chi connectivity index (χ1n) is 5.43. The van der Waals surface area contributed by atoms with E-state index < -0.39 is 11.0 Å². The number of aromatic carboxylic acids is 1. The number of nitrogens with zero attached hydrogens (tertiary/aromatic N) is 2. The Morgan fingerprint density at radius 3 is 2.21 bits per heavy atom. The first kappa shape index (κ1) is 12.6. The molecule has 0 unspecified atom stereocenters. The molecular formula is C13H10N2O4. The number of hydrogen-bond donors (Lipinski definition) is 1. The molecule has 0 aliphatic heterocycles. The molecule has 19 heavy (non-hydrogen) atoms. The number of hydrogen-bond acceptors (Lipinski definition) is 3. The van der Waals surface area contributed by atoms with Crippen molar-refractivity contribution in [2.75, 3.05) is 5.01 Å². The maximum absolute atomic E-state index is 11.2. The van der Waals surface area contributed by atoms with Crippen molar-refractivity contribution in [3.05, 3.63) is 70.3 Å². The molecule has 0 heterocycles. The highest BCUT2D eigenvalue weighted by Gasteiger charge is 2.25. The normalized spacial score (nSPS) is 9.89. The van der Waals surface area contributed by atoms with Crippen LogP contribution in [0, 0.1) is 10.1 Å². The Balaban J connectivity index is 2.59. The van der Waals surface area contributed by atoms with Crippen molar-refractivity contribution in [3.8, 4) is 0 Å². The summed E-state index contributed by atoms with van der Waals surface area (Å²) < 4.78 is 0. The van der Waals surface area contributed by atoms with Gasteiger partial charge in [-0.1, -0.05) is 35.3 Å². The zero-order valence-electron chi connectivity index (χ0n) is 9.76. The summed E-state index contributed by atoms with van der Waals surface area (Å²) in [4.78, 5) is 22.3. The zero-order valence-corrected chi connectivity index (χ0v) is 9.76. The van der Waals surface area contributed by atoms with E-state index in [0.717, 1.165) is 5.01 Å². The largest absolute Gasteiger partial charge is 0.478 e. The maximum Gasteiger partial charge on any atom is 0.338 e. The molecule has 0 aliphatic carbocycles. The van der Waals surface area contributed by atoms with Crippen LogP contribution in [0.25, 0.3) is 0 Å². The third-order valence-corrected chi connectivity index (χ3v) is 2.53. The lowest BCUT2D eigenvalue weighted by atomic mass is 10.1. The third-order valence-electron chi connectivity index (χ3n) is 2.53. The second-order valence-electron chi connectivity index (χ2n) is 3.71. The first-order valence-corrected chi connectivity index (χ1v) is 5.43. The molecule has 2 aromatic carbocycles. The number of hydrazine groups is 1. The molecule has 6 nitrogen and oxygen atoms in total. The van der Waals surface area contributed by atoms with Crippen LogP contribution in [0.4, 0.5) is 11.4 Å². The van der Waals surface area contributed by atoms with Crippen LogP contribution in [-0.4, -0.2) is 16.1 Å². The lowest BCUT2D eigenvalue weighted by Crippen LogP contribution is -2.26. The quantitative estimate of drug-likeness (QED) is 0.673. The fourth-order valence-electron chi connectivity index (χ4n) is 1.73. The summed E-state index contributed by atoms with van der Waals surface area (Å²) in [5, 5.41) is 20.4. The van der Waals surface area contributed by atoms with Crippen LogP contribution in [-0.2, 0) is 0 Å². The van der Waals surface area contributed by atoms with E-state index in [1.807, 2.05) is 0 Å². The number of carboxylic acids is 1. The fraction of sp³-hybridized carbons (Fsp3) is 0. The van der Waals surface area contributed by atoms with Gasteiger partial charge in [0.2, 0.25) is 0 Å². The van der Waals surface area contributed by atoms with Crippen LogP contribution in [0.2, 0.25) is 0 Å². The summed E-state index contributed by atoms with van der Waals surface area (Å²) in [5.74, 6) is -1.21. The molecule has 0 atom stereocenters. The van der Waals surface area contributed by atoms with E-state index in [0.29, 0.717) is 5.69 Å². The molecule has 6 heteroatoms. The van der Waals surface area contributed by atoms with Gasteiger partial charge in [-0.2, -0.15) is 0 Å². The monoisotopic (exact) mass is 258 g/mol. The molecule has 0 fully saturated rings. The van der Waals surface area contributed by atoms with Gasteiger partial charge in [0, 0.05) is 0 Å². The summed E-state index contributed by atoms with van der Waals surface area (Å²) in [7, 11) is 0.